The highest BCUT2D eigenvalue weighted by Gasteiger charge is 2.18. The van der Waals surface area contributed by atoms with Crippen LogP contribution in [0.1, 0.15) is 21.7 Å². The predicted molar refractivity (Wildman–Crippen MR) is 95.2 cm³/mol. The molecule has 1 N–H and O–H groups in total. The fourth-order valence-electron chi connectivity index (χ4n) is 2.24. The number of anilines is 1. The lowest BCUT2D eigenvalue weighted by Gasteiger charge is -2.07. The molecule has 0 fully saturated rings. The van der Waals surface area contributed by atoms with Crippen LogP contribution in [0.2, 0.25) is 10.0 Å². The van der Waals surface area contributed by atoms with Crippen molar-refractivity contribution < 1.29 is 4.79 Å². The Labute approximate surface area is 149 Å². The van der Waals surface area contributed by atoms with Gasteiger partial charge in [-0.1, -0.05) is 46.1 Å². The van der Waals surface area contributed by atoms with Crippen molar-refractivity contribution in [2.24, 2.45) is 0 Å². The van der Waals surface area contributed by atoms with E-state index in [1.165, 1.54) is 0 Å². The van der Waals surface area contributed by atoms with Crippen molar-refractivity contribution in [3.63, 3.8) is 0 Å². The minimum absolute atomic E-state index is 0.228. The van der Waals surface area contributed by atoms with Crippen LogP contribution >= 0.6 is 23.2 Å². The number of rotatable bonds is 3. The molecule has 0 unspecified atom stereocenters. The van der Waals surface area contributed by atoms with Gasteiger partial charge in [0.15, 0.2) is 5.69 Å². The fraction of sp³-hybridized carbons (Fsp3) is 0.118. The number of aromatic nitrogens is 3. The van der Waals surface area contributed by atoms with Crippen molar-refractivity contribution in [1.82, 2.24) is 15.0 Å². The average Bonchev–Trinajstić information content (AvgIpc) is 2.93. The molecule has 1 heterocycles. The van der Waals surface area contributed by atoms with Crippen LogP contribution in [0.5, 0.6) is 0 Å². The summed E-state index contributed by atoms with van der Waals surface area (Å²) < 4.78 is 1.62. The van der Waals surface area contributed by atoms with E-state index in [2.05, 4.69) is 15.6 Å². The third kappa shape index (κ3) is 3.27. The molecule has 5 nitrogen and oxygen atoms in total. The number of carbonyl (C=O) groups excluding carboxylic acids is 1. The van der Waals surface area contributed by atoms with Gasteiger partial charge in [0, 0.05) is 5.02 Å². The summed E-state index contributed by atoms with van der Waals surface area (Å²) in [5.74, 6) is -0.393. The first kappa shape index (κ1) is 16.5. The Kier molecular flexibility index (Phi) is 4.55. The van der Waals surface area contributed by atoms with Crippen LogP contribution in [-0.4, -0.2) is 20.9 Å². The summed E-state index contributed by atoms with van der Waals surface area (Å²) in [4.78, 5) is 12.5. The minimum atomic E-state index is -0.393. The van der Waals surface area contributed by atoms with Crippen molar-refractivity contribution >= 4 is 34.8 Å². The minimum Gasteiger partial charge on any atom is -0.319 e. The summed E-state index contributed by atoms with van der Waals surface area (Å²) in [6.07, 6.45) is 0. The van der Waals surface area contributed by atoms with Gasteiger partial charge in [0.1, 0.15) is 0 Å². The van der Waals surface area contributed by atoms with Crippen LogP contribution < -0.4 is 5.32 Å². The van der Waals surface area contributed by atoms with Crippen LogP contribution in [0.15, 0.2) is 42.5 Å². The second kappa shape index (κ2) is 6.63. The topological polar surface area (TPSA) is 59.8 Å². The first-order chi connectivity index (χ1) is 11.5. The van der Waals surface area contributed by atoms with Crippen molar-refractivity contribution in [1.29, 1.82) is 0 Å². The summed E-state index contributed by atoms with van der Waals surface area (Å²) in [6, 6.07) is 12.7. The molecule has 1 amide bonds. The third-order valence-corrected chi connectivity index (χ3v) is 4.13. The molecule has 24 heavy (non-hydrogen) atoms. The van der Waals surface area contributed by atoms with E-state index < -0.39 is 5.91 Å². The Morgan fingerprint density at radius 2 is 1.79 bits per heavy atom. The molecular formula is C17H14Cl2N4O. The van der Waals surface area contributed by atoms with E-state index >= 15 is 0 Å². The molecule has 2 aromatic carbocycles. The van der Waals surface area contributed by atoms with Gasteiger partial charge in [0.25, 0.3) is 5.91 Å². The smallest absolute Gasteiger partial charge is 0.278 e. The Morgan fingerprint density at radius 1 is 1.08 bits per heavy atom. The maximum absolute atomic E-state index is 12.5. The molecule has 0 bridgehead atoms. The Morgan fingerprint density at radius 3 is 2.50 bits per heavy atom. The highest BCUT2D eigenvalue weighted by atomic mass is 35.5. The third-order valence-electron chi connectivity index (χ3n) is 3.56. The molecule has 0 radical (unpaired) electrons. The number of nitrogens with zero attached hydrogens (tertiary/aromatic N) is 3. The Bertz CT molecular complexity index is 903. The molecule has 0 aliphatic rings. The molecule has 0 aliphatic heterocycles. The summed E-state index contributed by atoms with van der Waals surface area (Å²) in [5, 5.41) is 11.6. The zero-order valence-corrected chi connectivity index (χ0v) is 14.6. The molecule has 1 aromatic heterocycles. The average molecular weight is 361 g/mol. The Balaban J connectivity index is 1.89. The Hall–Kier alpha value is -2.37. The van der Waals surface area contributed by atoms with Gasteiger partial charge in [-0.05, 0) is 44.2 Å². The standard InChI is InChI=1S/C17H14Cl2N4O/c1-10-3-6-13(7-4-10)23-11(2)16(21-22-23)17(24)20-15-9-12(18)5-8-14(15)19/h3-9H,1-2H3,(H,20,24). The summed E-state index contributed by atoms with van der Waals surface area (Å²) in [7, 11) is 0. The maximum Gasteiger partial charge on any atom is 0.278 e. The molecule has 3 aromatic rings. The zero-order chi connectivity index (χ0) is 17.3. The van der Waals surface area contributed by atoms with Gasteiger partial charge in [-0.25, -0.2) is 4.68 Å². The number of hydrogen-bond acceptors (Lipinski definition) is 3. The number of halogens is 2. The normalized spacial score (nSPS) is 10.7. The molecule has 3 rings (SSSR count). The molecule has 0 saturated carbocycles. The van der Waals surface area contributed by atoms with Crippen molar-refractivity contribution in [2.75, 3.05) is 5.32 Å². The van der Waals surface area contributed by atoms with Crippen molar-refractivity contribution in [3.05, 3.63) is 69.5 Å². The lowest BCUT2D eigenvalue weighted by Crippen LogP contribution is -2.14. The number of carbonyl (C=O) groups is 1. The summed E-state index contributed by atoms with van der Waals surface area (Å²) in [5.41, 5.74) is 3.27. The number of amides is 1. The number of nitrogens with one attached hydrogen (secondary N) is 1. The zero-order valence-electron chi connectivity index (χ0n) is 13.0. The lowest BCUT2D eigenvalue weighted by molar-refractivity contribution is 0.102. The highest BCUT2D eigenvalue weighted by Crippen LogP contribution is 2.26. The molecule has 0 aliphatic carbocycles. The van der Waals surface area contributed by atoms with Crippen molar-refractivity contribution in [2.45, 2.75) is 13.8 Å². The maximum atomic E-state index is 12.5. The second-order valence-corrected chi connectivity index (χ2v) is 6.19. The molecule has 0 spiro atoms. The van der Waals surface area contributed by atoms with Crippen LogP contribution in [-0.2, 0) is 0 Å². The van der Waals surface area contributed by atoms with E-state index in [1.807, 2.05) is 31.2 Å². The molecule has 122 valence electrons. The lowest BCUT2D eigenvalue weighted by atomic mass is 10.2. The van der Waals surface area contributed by atoms with E-state index in [4.69, 9.17) is 23.2 Å². The quantitative estimate of drug-likeness (QED) is 0.750. The van der Waals surface area contributed by atoms with Crippen molar-refractivity contribution in [3.8, 4) is 5.69 Å². The first-order valence-corrected chi connectivity index (χ1v) is 7.97. The van der Waals surface area contributed by atoms with Gasteiger partial charge >= 0.3 is 0 Å². The summed E-state index contributed by atoms with van der Waals surface area (Å²) in [6.45, 7) is 3.79. The SMILES string of the molecule is Cc1ccc(-n2nnc(C(=O)Nc3cc(Cl)ccc3Cl)c2C)cc1. The van der Waals surface area contributed by atoms with E-state index in [0.717, 1.165) is 11.3 Å². The van der Waals surface area contributed by atoms with Crippen LogP contribution in [0.25, 0.3) is 5.69 Å². The fourth-order valence-corrected chi connectivity index (χ4v) is 2.58. The highest BCUT2D eigenvalue weighted by molar-refractivity contribution is 6.35. The van der Waals surface area contributed by atoms with Crippen LogP contribution in [0.3, 0.4) is 0 Å². The molecule has 0 atom stereocenters. The van der Waals surface area contributed by atoms with Crippen LogP contribution in [0.4, 0.5) is 5.69 Å². The van der Waals surface area contributed by atoms with Crippen LogP contribution in [0, 0.1) is 13.8 Å². The van der Waals surface area contributed by atoms with Gasteiger partial charge in [0.05, 0.1) is 22.1 Å². The van der Waals surface area contributed by atoms with E-state index in [9.17, 15) is 4.79 Å². The monoisotopic (exact) mass is 360 g/mol. The first-order valence-electron chi connectivity index (χ1n) is 7.21. The molecular weight excluding hydrogens is 347 g/mol. The largest absolute Gasteiger partial charge is 0.319 e. The number of aryl methyl sites for hydroxylation is 1. The predicted octanol–water partition coefficient (Wildman–Crippen LogP) is 4.44. The summed E-state index contributed by atoms with van der Waals surface area (Å²) >= 11 is 12.0. The molecule has 7 heteroatoms. The second-order valence-electron chi connectivity index (χ2n) is 5.35. The molecule has 0 saturated heterocycles. The van der Waals surface area contributed by atoms with Gasteiger partial charge in [0.2, 0.25) is 0 Å². The van der Waals surface area contributed by atoms with Gasteiger partial charge in [-0.3, -0.25) is 4.79 Å². The van der Waals surface area contributed by atoms with E-state index in [0.29, 0.717) is 21.4 Å². The van der Waals surface area contributed by atoms with E-state index in [1.54, 1.807) is 29.8 Å². The van der Waals surface area contributed by atoms with Gasteiger partial charge in [-0.2, -0.15) is 0 Å². The van der Waals surface area contributed by atoms with Gasteiger partial charge in [-0.15, -0.1) is 5.10 Å². The number of benzene rings is 2. The van der Waals surface area contributed by atoms with Gasteiger partial charge < -0.3 is 5.32 Å². The van der Waals surface area contributed by atoms with E-state index in [-0.39, 0.29) is 5.69 Å². The number of hydrogen-bond donors (Lipinski definition) is 1.